The number of rotatable bonds is 5. The molecule has 0 aliphatic rings. The Morgan fingerprint density at radius 3 is 1.60 bits per heavy atom. The van der Waals surface area contributed by atoms with Crippen LogP contribution in [-0.2, 0) is 14.4 Å². The highest BCUT2D eigenvalue weighted by Gasteiger charge is 2.51. The second-order valence-corrected chi connectivity index (χ2v) is 2.22. The molecule has 0 fully saturated rings. The van der Waals surface area contributed by atoms with Crippen molar-refractivity contribution in [3.63, 3.8) is 0 Å². The average molecular weight is 215 g/mol. The summed E-state index contributed by atoms with van der Waals surface area (Å²) in [6, 6.07) is 0. The normalized spacial score (nSPS) is 17.0. The molecule has 3 N–H and O–H groups in total. The summed E-state index contributed by atoms with van der Waals surface area (Å²) in [7, 11) is 0. The number of isocyanates is 3. The molecule has 0 rings (SSSR count). The third-order valence-corrected chi connectivity index (χ3v) is 1.39. The van der Waals surface area contributed by atoms with Gasteiger partial charge in [0.15, 0.2) is 0 Å². The second-order valence-electron chi connectivity index (χ2n) is 2.22. The summed E-state index contributed by atoms with van der Waals surface area (Å²) in [6.45, 7) is -1.34. The van der Waals surface area contributed by atoms with Crippen molar-refractivity contribution in [3.8, 4) is 0 Å². The lowest BCUT2D eigenvalue weighted by molar-refractivity contribution is -0.157. The van der Waals surface area contributed by atoms with Crippen molar-refractivity contribution in [1.82, 2.24) is 0 Å². The highest BCUT2D eigenvalue weighted by molar-refractivity contribution is 5.41. The summed E-state index contributed by atoms with van der Waals surface area (Å²) >= 11 is 0. The van der Waals surface area contributed by atoms with Gasteiger partial charge in [-0.25, -0.2) is 14.4 Å². The molecule has 0 spiro atoms. The van der Waals surface area contributed by atoms with Gasteiger partial charge in [0, 0.05) is 0 Å². The van der Waals surface area contributed by atoms with Crippen LogP contribution in [-0.4, -0.2) is 51.7 Å². The number of hydrogen-bond acceptors (Lipinski definition) is 9. The molecule has 1 atom stereocenters. The van der Waals surface area contributed by atoms with Crippen molar-refractivity contribution in [3.05, 3.63) is 0 Å². The Morgan fingerprint density at radius 2 is 1.33 bits per heavy atom. The quantitative estimate of drug-likeness (QED) is 0.336. The topological polar surface area (TPSA) is 149 Å². The zero-order chi connectivity index (χ0) is 11.9. The van der Waals surface area contributed by atoms with Crippen LogP contribution in [0.4, 0.5) is 0 Å². The molecule has 0 aliphatic heterocycles. The van der Waals surface area contributed by atoms with Gasteiger partial charge in [0.2, 0.25) is 18.2 Å². The van der Waals surface area contributed by atoms with Gasteiger partial charge in [0.1, 0.15) is 6.61 Å². The summed E-state index contributed by atoms with van der Waals surface area (Å²) < 4.78 is 0. The number of aliphatic hydroxyl groups is 3. The van der Waals surface area contributed by atoms with Crippen LogP contribution in [0, 0.1) is 0 Å². The molecule has 1 unspecified atom stereocenters. The van der Waals surface area contributed by atoms with Crippen LogP contribution in [0.1, 0.15) is 0 Å². The Hall–Kier alpha value is -1.98. The first-order valence-electron chi connectivity index (χ1n) is 3.32. The maximum Gasteiger partial charge on any atom is 0.329 e. The van der Waals surface area contributed by atoms with E-state index in [4.69, 9.17) is 5.11 Å². The fraction of sp³-hybridized carbons (Fsp3) is 0.500. The van der Waals surface area contributed by atoms with E-state index in [1.165, 1.54) is 0 Å². The number of nitrogens with zero attached hydrogens (tertiary/aromatic N) is 3. The predicted molar refractivity (Wildman–Crippen MR) is 41.3 cm³/mol. The molecular weight excluding hydrogens is 210 g/mol. The predicted octanol–water partition coefficient (Wildman–Crippen LogP) is -2.68. The Kier molecular flexibility index (Phi) is 4.37. The van der Waals surface area contributed by atoms with E-state index >= 15 is 0 Å². The van der Waals surface area contributed by atoms with Gasteiger partial charge in [-0.05, 0) is 0 Å². The highest BCUT2D eigenvalue weighted by atomic mass is 16.4. The second kappa shape index (κ2) is 5.04. The van der Waals surface area contributed by atoms with Gasteiger partial charge in [0.05, 0.1) is 0 Å². The molecule has 9 heteroatoms. The van der Waals surface area contributed by atoms with Crippen molar-refractivity contribution < 1.29 is 29.7 Å². The summed E-state index contributed by atoms with van der Waals surface area (Å²) in [6.07, 6.45) is 2.37. The Bertz CT molecular complexity index is 358. The van der Waals surface area contributed by atoms with Gasteiger partial charge in [0.25, 0.3) is 5.72 Å². The maximum absolute atomic E-state index is 9.89. The van der Waals surface area contributed by atoms with Crippen molar-refractivity contribution in [2.24, 2.45) is 15.0 Å². The molecule has 0 aromatic rings. The molecule has 0 heterocycles. The monoisotopic (exact) mass is 215 g/mol. The lowest BCUT2D eigenvalue weighted by Gasteiger charge is -2.28. The smallest absolute Gasteiger partial charge is 0.329 e. The van der Waals surface area contributed by atoms with Crippen molar-refractivity contribution >= 4 is 18.2 Å². The summed E-state index contributed by atoms with van der Waals surface area (Å²) in [5.74, 6) is -3.16. The fourth-order valence-electron chi connectivity index (χ4n) is 0.623. The number of aliphatic imine (C=N–C) groups is 3. The third-order valence-electron chi connectivity index (χ3n) is 1.39. The van der Waals surface area contributed by atoms with Crippen LogP contribution in [0.25, 0.3) is 0 Å². The third kappa shape index (κ3) is 2.49. The number of carbonyl (C=O) groups excluding carboxylic acids is 3. The van der Waals surface area contributed by atoms with Crippen molar-refractivity contribution in [1.29, 1.82) is 0 Å². The highest BCUT2D eigenvalue weighted by Crippen LogP contribution is 2.25. The van der Waals surface area contributed by atoms with Crippen molar-refractivity contribution in [2.45, 2.75) is 11.6 Å². The van der Waals surface area contributed by atoms with Crippen LogP contribution in [0.5, 0.6) is 0 Å². The van der Waals surface area contributed by atoms with Gasteiger partial charge in [-0.3, -0.25) is 0 Å². The van der Waals surface area contributed by atoms with E-state index in [0.29, 0.717) is 0 Å². The van der Waals surface area contributed by atoms with Crippen molar-refractivity contribution in [2.75, 3.05) is 6.61 Å². The molecule has 0 radical (unpaired) electrons. The van der Waals surface area contributed by atoms with Gasteiger partial charge in [-0.1, -0.05) is 0 Å². The van der Waals surface area contributed by atoms with E-state index in [-0.39, 0.29) is 0 Å². The van der Waals surface area contributed by atoms with E-state index < -0.39 is 18.2 Å². The Balaban J connectivity index is 5.67. The molecule has 0 aromatic carbocycles. The van der Waals surface area contributed by atoms with Crippen LogP contribution >= 0.6 is 0 Å². The van der Waals surface area contributed by atoms with Crippen LogP contribution in [0.3, 0.4) is 0 Å². The first-order valence-corrected chi connectivity index (χ1v) is 3.32. The van der Waals surface area contributed by atoms with Crippen LogP contribution < -0.4 is 0 Å². The van der Waals surface area contributed by atoms with Gasteiger partial charge >= 0.3 is 5.85 Å². The summed E-state index contributed by atoms with van der Waals surface area (Å²) in [5, 5.41) is 27.3. The Labute approximate surface area is 82.1 Å². The standard InChI is InChI=1S/C6H5N3O6/c10-1-5(14,7-2-11)6(15,8-3-12)9-4-13/h10,14-15H,1H2. The molecule has 0 saturated carbocycles. The lowest BCUT2D eigenvalue weighted by Crippen LogP contribution is -2.53. The zero-order valence-electron chi connectivity index (χ0n) is 7.12. The molecule has 80 valence electrons. The summed E-state index contributed by atoms with van der Waals surface area (Å²) in [4.78, 5) is 37.3. The van der Waals surface area contributed by atoms with Crippen LogP contribution in [0.15, 0.2) is 15.0 Å². The molecular formula is C6H5N3O6. The zero-order valence-corrected chi connectivity index (χ0v) is 7.12. The molecule has 9 nitrogen and oxygen atoms in total. The number of hydrogen-bond donors (Lipinski definition) is 3. The Morgan fingerprint density at radius 1 is 0.933 bits per heavy atom. The molecule has 0 aromatic heterocycles. The van der Waals surface area contributed by atoms with Crippen LogP contribution in [0.2, 0.25) is 0 Å². The first-order chi connectivity index (χ1) is 6.99. The first kappa shape index (κ1) is 13.0. The minimum absolute atomic E-state index is 0.783. The lowest BCUT2D eigenvalue weighted by atomic mass is 10.1. The fourth-order valence-corrected chi connectivity index (χ4v) is 0.623. The minimum Gasteiger partial charge on any atom is -0.391 e. The molecule has 0 amide bonds. The molecule has 15 heavy (non-hydrogen) atoms. The van der Waals surface area contributed by atoms with E-state index in [1.807, 2.05) is 0 Å². The molecule has 0 bridgehead atoms. The largest absolute Gasteiger partial charge is 0.391 e. The van der Waals surface area contributed by atoms with Gasteiger partial charge < -0.3 is 15.3 Å². The average Bonchev–Trinajstić information content (AvgIpc) is 2.18. The molecule has 0 saturated heterocycles. The minimum atomic E-state index is -3.16. The van der Waals surface area contributed by atoms with Gasteiger partial charge in [-0.2, -0.15) is 4.99 Å². The van der Waals surface area contributed by atoms with E-state index in [2.05, 4.69) is 15.0 Å². The van der Waals surface area contributed by atoms with E-state index in [9.17, 15) is 24.6 Å². The van der Waals surface area contributed by atoms with E-state index in [1.54, 1.807) is 0 Å². The molecule has 0 aliphatic carbocycles. The SMILES string of the molecule is O=C=NC(O)(CO)C(O)(N=C=O)N=C=O. The van der Waals surface area contributed by atoms with Gasteiger partial charge in [-0.15, -0.1) is 9.98 Å². The van der Waals surface area contributed by atoms with E-state index in [0.717, 1.165) is 18.2 Å². The number of aliphatic hydroxyl groups excluding tert-OH is 1. The summed E-state index contributed by atoms with van der Waals surface area (Å²) in [5.41, 5.74) is -3.00. The maximum atomic E-state index is 9.89.